The highest BCUT2D eigenvalue weighted by atomic mass is 35.5. The lowest BCUT2D eigenvalue weighted by atomic mass is 10.1. The number of nitrogens with two attached hydrogens (primary N) is 1. The molecule has 1 aromatic heterocycles. The Hall–Kier alpha value is -1.03. The Morgan fingerprint density at radius 3 is 2.44 bits per heavy atom. The number of rotatable bonds is 3. The maximum atomic E-state index is 13.3. The zero-order chi connectivity index (χ0) is 13.3. The molecule has 0 amide bonds. The van der Waals surface area contributed by atoms with Gasteiger partial charge < -0.3 is 10.2 Å². The Bertz CT molecular complexity index is 543. The summed E-state index contributed by atoms with van der Waals surface area (Å²) >= 11 is 11.5. The van der Waals surface area contributed by atoms with Crippen LogP contribution in [0.25, 0.3) is 11.3 Å². The van der Waals surface area contributed by atoms with Crippen LogP contribution in [0.2, 0.25) is 10.0 Å². The van der Waals surface area contributed by atoms with Crippen molar-refractivity contribution in [2.45, 2.75) is 19.4 Å². The van der Waals surface area contributed by atoms with Gasteiger partial charge in [0.2, 0.25) is 0 Å². The quantitative estimate of drug-likeness (QED) is 0.856. The number of benzene rings is 1. The van der Waals surface area contributed by atoms with E-state index in [1.807, 2.05) is 13.0 Å². The van der Waals surface area contributed by atoms with E-state index in [0.717, 1.165) is 5.76 Å². The highest BCUT2D eigenvalue weighted by Gasteiger charge is 2.12. The van der Waals surface area contributed by atoms with Crippen LogP contribution in [0, 0.1) is 5.82 Å². The van der Waals surface area contributed by atoms with E-state index in [1.165, 1.54) is 12.1 Å². The Balaban J connectivity index is 2.34. The lowest BCUT2D eigenvalue weighted by molar-refractivity contribution is 0.503. The van der Waals surface area contributed by atoms with Gasteiger partial charge in [-0.15, -0.1) is 0 Å². The molecular weight excluding hydrogens is 276 g/mol. The number of hydrogen-bond acceptors (Lipinski definition) is 2. The molecule has 2 aromatic rings. The summed E-state index contributed by atoms with van der Waals surface area (Å²) in [6.07, 6.45) is 0.642. The third kappa shape index (κ3) is 2.86. The molecule has 0 saturated carbocycles. The minimum Gasteiger partial charge on any atom is -0.461 e. The monoisotopic (exact) mass is 287 g/mol. The van der Waals surface area contributed by atoms with Crippen molar-refractivity contribution in [2.75, 3.05) is 0 Å². The molecule has 0 fully saturated rings. The molecule has 5 heteroatoms. The Labute approximate surface area is 114 Å². The van der Waals surface area contributed by atoms with Crippen molar-refractivity contribution in [2.24, 2.45) is 5.73 Å². The molecule has 0 radical (unpaired) electrons. The average molecular weight is 288 g/mol. The van der Waals surface area contributed by atoms with E-state index < -0.39 is 5.82 Å². The highest BCUT2D eigenvalue weighted by Crippen LogP contribution is 2.31. The van der Waals surface area contributed by atoms with Crippen molar-refractivity contribution >= 4 is 23.2 Å². The Morgan fingerprint density at radius 2 is 1.89 bits per heavy atom. The minimum atomic E-state index is -0.621. The number of halogens is 3. The third-order valence-corrected chi connectivity index (χ3v) is 3.00. The molecular formula is C13H12Cl2FNO. The average Bonchev–Trinajstić information content (AvgIpc) is 2.72. The van der Waals surface area contributed by atoms with Gasteiger partial charge in [0.05, 0.1) is 10.0 Å². The van der Waals surface area contributed by atoms with E-state index in [1.54, 1.807) is 6.07 Å². The second kappa shape index (κ2) is 5.31. The second-order valence-electron chi connectivity index (χ2n) is 4.20. The standard InChI is InChI=1S/C13H12Cl2FNO/c1-7(17)4-9-2-3-12(18-9)8-5-10(14)13(16)11(15)6-8/h2-3,5-7H,4,17H2,1H3. The number of hydrogen-bond donors (Lipinski definition) is 1. The van der Waals surface area contributed by atoms with Gasteiger partial charge in [0.1, 0.15) is 11.5 Å². The van der Waals surface area contributed by atoms with Gasteiger partial charge in [0.25, 0.3) is 0 Å². The summed E-state index contributed by atoms with van der Waals surface area (Å²) in [6, 6.07) is 6.61. The predicted octanol–water partition coefficient (Wildman–Crippen LogP) is 4.28. The molecule has 2 rings (SSSR count). The van der Waals surface area contributed by atoms with Crippen LogP contribution in [0.1, 0.15) is 12.7 Å². The van der Waals surface area contributed by atoms with Gasteiger partial charge in [-0.3, -0.25) is 0 Å². The lowest BCUT2D eigenvalue weighted by Gasteiger charge is -2.03. The number of furan rings is 1. The van der Waals surface area contributed by atoms with Crippen LogP contribution < -0.4 is 5.73 Å². The van der Waals surface area contributed by atoms with E-state index in [2.05, 4.69) is 0 Å². The summed E-state index contributed by atoms with van der Waals surface area (Å²) in [4.78, 5) is 0. The highest BCUT2D eigenvalue weighted by molar-refractivity contribution is 6.35. The van der Waals surface area contributed by atoms with Crippen LogP contribution in [0.4, 0.5) is 4.39 Å². The van der Waals surface area contributed by atoms with Crippen molar-refractivity contribution in [3.05, 3.63) is 45.9 Å². The molecule has 1 heterocycles. The van der Waals surface area contributed by atoms with Crippen molar-refractivity contribution in [1.29, 1.82) is 0 Å². The summed E-state index contributed by atoms with van der Waals surface area (Å²) in [7, 11) is 0. The molecule has 0 aliphatic heterocycles. The van der Waals surface area contributed by atoms with Gasteiger partial charge in [-0.2, -0.15) is 0 Å². The normalized spacial score (nSPS) is 12.7. The lowest BCUT2D eigenvalue weighted by Crippen LogP contribution is -2.17. The SMILES string of the molecule is CC(N)Cc1ccc(-c2cc(Cl)c(F)c(Cl)c2)o1. The van der Waals surface area contributed by atoms with Crippen molar-refractivity contribution in [3.8, 4) is 11.3 Å². The molecule has 1 atom stereocenters. The van der Waals surface area contributed by atoms with E-state index in [0.29, 0.717) is 17.7 Å². The van der Waals surface area contributed by atoms with Gasteiger partial charge >= 0.3 is 0 Å². The van der Waals surface area contributed by atoms with E-state index >= 15 is 0 Å². The summed E-state index contributed by atoms with van der Waals surface area (Å²) in [5, 5.41) is -0.0507. The maximum absolute atomic E-state index is 13.3. The van der Waals surface area contributed by atoms with Gasteiger partial charge in [-0.05, 0) is 31.2 Å². The fraction of sp³-hybridized carbons (Fsp3) is 0.231. The van der Waals surface area contributed by atoms with Crippen molar-refractivity contribution in [1.82, 2.24) is 0 Å². The third-order valence-electron chi connectivity index (χ3n) is 2.45. The van der Waals surface area contributed by atoms with E-state index in [4.69, 9.17) is 33.4 Å². The molecule has 0 spiro atoms. The molecule has 0 aliphatic rings. The fourth-order valence-electron chi connectivity index (χ4n) is 1.66. The fourth-order valence-corrected chi connectivity index (χ4v) is 2.14. The van der Waals surface area contributed by atoms with E-state index in [9.17, 15) is 4.39 Å². The van der Waals surface area contributed by atoms with Crippen molar-refractivity contribution < 1.29 is 8.81 Å². The first-order valence-electron chi connectivity index (χ1n) is 5.46. The summed E-state index contributed by atoms with van der Waals surface area (Å²) in [6.45, 7) is 1.90. The topological polar surface area (TPSA) is 39.2 Å². The van der Waals surface area contributed by atoms with Gasteiger partial charge in [-0.25, -0.2) is 4.39 Å². The molecule has 0 aliphatic carbocycles. The van der Waals surface area contributed by atoms with Gasteiger partial charge in [-0.1, -0.05) is 23.2 Å². The first kappa shape index (κ1) is 13.4. The summed E-state index contributed by atoms with van der Waals surface area (Å²) in [5.74, 6) is 0.746. The maximum Gasteiger partial charge on any atom is 0.160 e. The zero-order valence-corrected chi connectivity index (χ0v) is 11.2. The molecule has 1 unspecified atom stereocenters. The summed E-state index contributed by atoms with van der Waals surface area (Å²) in [5.41, 5.74) is 6.33. The van der Waals surface area contributed by atoms with Crippen LogP contribution in [-0.2, 0) is 6.42 Å². The predicted molar refractivity (Wildman–Crippen MR) is 71.5 cm³/mol. The Morgan fingerprint density at radius 1 is 1.28 bits per heavy atom. The molecule has 1 aromatic carbocycles. The second-order valence-corrected chi connectivity index (χ2v) is 5.02. The van der Waals surface area contributed by atoms with Crippen LogP contribution >= 0.6 is 23.2 Å². The van der Waals surface area contributed by atoms with E-state index in [-0.39, 0.29) is 16.1 Å². The molecule has 0 bridgehead atoms. The van der Waals surface area contributed by atoms with Crippen LogP contribution in [-0.4, -0.2) is 6.04 Å². The van der Waals surface area contributed by atoms with Crippen LogP contribution in [0.15, 0.2) is 28.7 Å². The Kier molecular flexibility index (Phi) is 3.95. The zero-order valence-electron chi connectivity index (χ0n) is 9.71. The first-order valence-corrected chi connectivity index (χ1v) is 6.22. The summed E-state index contributed by atoms with van der Waals surface area (Å²) < 4.78 is 18.9. The van der Waals surface area contributed by atoms with Gasteiger partial charge in [0.15, 0.2) is 5.82 Å². The van der Waals surface area contributed by atoms with Crippen LogP contribution in [0.3, 0.4) is 0 Å². The molecule has 2 N–H and O–H groups in total. The molecule has 0 saturated heterocycles. The largest absolute Gasteiger partial charge is 0.461 e. The molecule has 96 valence electrons. The van der Waals surface area contributed by atoms with Crippen molar-refractivity contribution in [3.63, 3.8) is 0 Å². The molecule has 18 heavy (non-hydrogen) atoms. The van der Waals surface area contributed by atoms with Gasteiger partial charge in [0, 0.05) is 18.0 Å². The molecule has 2 nitrogen and oxygen atoms in total. The van der Waals surface area contributed by atoms with Crippen LogP contribution in [0.5, 0.6) is 0 Å². The smallest absolute Gasteiger partial charge is 0.160 e. The minimum absolute atomic E-state index is 0.0180. The first-order chi connectivity index (χ1) is 8.47.